The van der Waals surface area contributed by atoms with E-state index in [1.165, 1.54) is 5.01 Å². The predicted octanol–water partition coefficient (Wildman–Crippen LogP) is 2.43. The van der Waals surface area contributed by atoms with Crippen LogP contribution in [0.15, 0.2) is 53.6 Å². The molecule has 22 heavy (non-hydrogen) atoms. The first-order valence-electron chi connectivity index (χ1n) is 7.16. The topological polar surface area (TPSA) is 53.9 Å². The first-order valence-corrected chi connectivity index (χ1v) is 7.16. The highest BCUT2D eigenvalue weighted by molar-refractivity contribution is 6.22. The van der Waals surface area contributed by atoms with E-state index in [9.17, 15) is 4.79 Å². The maximum atomic E-state index is 12.6. The molecule has 0 aromatic heterocycles. The molecule has 0 fully saturated rings. The fraction of sp³-hybridized carbons (Fsp3) is 0.176. The number of carbonyl (C=O) groups excluding carboxylic acids is 1. The fourth-order valence-electron chi connectivity index (χ4n) is 2.87. The van der Waals surface area contributed by atoms with E-state index < -0.39 is 0 Å². The average molecular weight is 293 g/mol. The second-order valence-electron chi connectivity index (χ2n) is 5.35. The number of methoxy groups -OCH3 is 1. The summed E-state index contributed by atoms with van der Waals surface area (Å²) < 4.78 is 5.26. The van der Waals surface area contributed by atoms with Crippen molar-refractivity contribution in [2.24, 2.45) is 5.10 Å². The summed E-state index contributed by atoms with van der Waals surface area (Å²) in [5, 5.41) is 9.28. The molecule has 5 heteroatoms. The van der Waals surface area contributed by atoms with Crippen LogP contribution in [0.2, 0.25) is 0 Å². The van der Waals surface area contributed by atoms with Crippen molar-refractivity contribution in [2.45, 2.75) is 12.5 Å². The van der Waals surface area contributed by atoms with Gasteiger partial charge in [0.2, 0.25) is 0 Å². The van der Waals surface area contributed by atoms with Crippen LogP contribution in [0.5, 0.6) is 5.75 Å². The Bertz CT molecular complexity index is 771. The van der Waals surface area contributed by atoms with Crippen LogP contribution in [0.25, 0.3) is 0 Å². The van der Waals surface area contributed by atoms with Gasteiger partial charge in [0.15, 0.2) is 0 Å². The summed E-state index contributed by atoms with van der Waals surface area (Å²) in [6, 6.07) is 14.9. The molecular formula is C17H15N3O2. The number of nitrogens with one attached hydrogen (secondary N) is 1. The maximum absolute atomic E-state index is 12.6. The van der Waals surface area contributed by atoms with E-state index in [-0.39, 0.29) is 11.9 Å². The van der Waals surface area contributed by atoms with Crippen LogP contribution in [-0.2, 0) is 11.2 Å². The van der Waals surface area contributed by atoms with E-state index >= 15 is 0 Å². The normalized spacial score (nSPS) is 19.1. The number of amides is 1. The smallest absolute Gasteiger partial charge is 0.275 e. The molecule has 2 heterocycles. The summed E-state index contributed by atoms with van der Waals surface area (Å²) >= 11 is 0. The summed E-state index contributed by atoms with van der Waals surface area (Å²) in [6.07, 6.45) is 0.652. The molecule has 0 bridgehead atoms. The first-order chi connectivity index (χ1) is 10.8. The molecule has 1 atom stereocenters. The summed E-state index contributed by atoms with van der Waals surface area (Å²) in [6.45, 7) is 0. The van der Waals surface area contributed by atoms with Crippen molar-refractivity contribution in [3.8, 4) is 5.75 Å². The van der Waals surface area contributed by atoms with Crippen molar-refractivity contribution in [3.63, 3.8) is 0 Å². The molecule has 5 nitrogen and oxygen atoms in total. The predicted molar refractivity (Wildman–Crippen MR) is 85.5 cm³/mol. The van der Waals surface area contributed by atoms with Gasteiger partial charge in [-0.3, -0.25) is 4.79 Å². The SMILES string of the molecule is COc1ccc2c(c1)CC1=NN(c3ccccc3)C(=O)C1N2. The molecule has 0 spiro atoms. The minimum atomic E-state index is -0.374. The Hall–Kier alpha value is -2.82. The zero-order chi connectivity index (χ0) is 15.1. The largest absolute Gasteiger partial charge is 0.497 e. The molecule has 1 amide bonds. The third kappa shape index (κ3) is 1.94. The highest BCUT2D eigenvalue weighted by atomic mass is 16.5. The van der Waals surface area contributed by atoms with E-state index in [0.29, 0.717) is 6.42 Å². The third-order valence-electron chi connectivity index (χ3n) is 4.00. The summed E-state index contributed by atoms with van der Waals surface area (Å²) in [5.74, 6) is 0.770. The molecule has 0 radical (unpaired) electrons. The van der Waals surface area contributed by atoms with Crippen LogP contribution in [0, 0.1) is 0 Å². The lowest BCUT2D eigenvalue weighted by Gasteiger charge is -2.23. The molecule has 2 aromatic carbocycles. The Labute approximate surface area is 128 Å². The molecule has 0 saturated carbocycles. The Kier molecular flexibility index (Phi) is 2.85. The van der Waals surface area contributed by atoms with Gasteiger partial charge in [0.05, 0.1) is 18.5 Å². The molecule has 0 aliphatic carbocycles. The van der Waals surface area contributed by atoms with Gasteiger partial charge in [0, 0.05) is 12.1 Å². The van der Waals surface area contributed by atoms with Gasteiger partial charge in [0.25, 0.3) is 5.91 Å². The lowest BCUT2D eigenvalue weighted by atomic mass is 9.96. The van der Waals surface area contributed by atoms with Crippen molar-refractivity contribution >= 4 is 23.0 Å². The van der Waals surface area contributed by atoms with Gasteiger partial charge < -0.3 is 10.1 Å². The number of hydrazone groups is 1. The van der Waals surface area contributed by atoms with Gasteiger partial charge in [-0.15, -0.1) is 0 Å². The van der Waals surface area contributed by atoms with Crippen LogP contribution in [-0.4, -0.2) is 24.8 Å². The van der Waals surface area contributed by atoms with E-state index in [1.54, 1.807) is 7.11 Å². The molecule has 0 saturated heterocycles. The number of anilines is 2. The Balaban J connectivity index is 1.69. The van der Waals surface area contributed by atoms with Gasteiger partial charge in [-0.05, 0) is 35.9 Å². The lowest BCUT2D eigenvalue weighted by molar-refractivity contribution is -0.117. The van der Waals surface area contributed by atoms with Gasteiger partial charge in [-0.2, -0.15) is 10.1 Å². The highest BCUT2D eigenvalue weighted by Crippen LogP contribution is 2.31. The second-order valence-corrected chi connectivity index (χ2v) is 5.35. The standard InChI is InChI=1S/C17H15N3O2/c1-22-13-7-8-14-11(9-13)10-15-16(18-14)17(21)20(19-15)12-5-3-2-4-6-12/h2-9,16,18H,10H2,1H3. The number of carbonyl (C=O) groups is 1. The average Bonchev–Trinajstić information content (AvgIpc) is 2.89. The minimum absolute atomic E-state index is 0.0392. The van der Waals surface area contributed by atoms with Crippen LogP contribution < -0.4 is 15.1 Å². The molecule has 1 unspecified atom stereocenters. The van der Waals surface area contributed by atoms with E-state index in [1.807, 2.05) is 48.5 Å². The van der Waals surface area contributed by atoms with E-state index in [2.05, 4.69) is 10.4 Å². The number of ether oxygens (including phenoxy) is 1. The van der Waals surface area contributed by atoms with Crippen molar-refractivity contribution in [1.82, 2.24) is 0 Å². The fourth-order valence-corrected chi connectivity index (χ4v) is 2.87. The van der Waals surface area contributed by atoms with Gasteiger partial charge >= 0.3 is 0 Å². The third-order valence-corrected chi connectivity index (χ3v) is 4.00. The van der Waals surface area contributed by atoms with Crippen molar-refractivity contribution in [3.05, 3.63) is 54.1 Å². The van der Waals surface area contributed by atoms with Gasteiger partial charge in [-0.1, -0.05) is 18.2 Å². The second kappa shape index (κ2) is 4.87. The van der Waals surface area contributed by atoms with Crippen LogP contribution in [0.4, 0.5) is 11.4 Å². The first kappa shape index (κ1) is 12.9. The minimum Gasteiger partial charge on any atom is -0.497 e. The van der Waals surface area contributed by atoms with Gasteiger partial charge in [-0.25, -0.2) is 0 Å². The number of nitrogens with zero attached hydrogens (tertiary/aromatic N) is 2. The van der Waals surface area contributed by atoms with Crippen LogP contribution >= 0.6 is 0 Å². The number of hydrogen-bond acceptors (Lipinski definition) is 4. The Morgan fingerprint density at radius 1 is 1.23 bits per heavy atom. The summed E-state index contributed by atoms with van der Waals surface area (Å²) in [4.78, 5) is 12.6. The number of benzene rings is 2. The van der Waals surface area contributed by atoms with Crippen molar-refractivity contribution in [1.29, 1.82) is 0 Å². The summed E-state index contributed by atoms with van der Waals surface area (Å²) in [5.41, 5.74) is 3.69. The zero-order valence-corrected chi connectivity index (χ0v) is 12.1. The molecule has 2 aliphatic heterocycles. The summed E-state index contributed by atoms with van der Waals surface area (Å²) in [7, 11) is 1.65. The Morgan fingerprint density at radius 2 is 2.05 bits per heavy atom. The van der Waals surface area contributed by atoms with Crippen molar-refractivity contribution < 1.29 is 9.53 Å². The number of rotatable bonds is 2. The van der Waals surface area contributed by atoms with Crippen LogP contribution in [0.3, 0.4) is 0 Å². The van der Waals surface area contributed by atoms with E-state index in [0.717, 1.165) is 28.4 Å². The van der Waals surface area contributed by atoms with Gasteiger partial charge in [0.1, 0.15) is 11.8 Å². The van der Waals surface area contributed by atoms with Crippen molar-refractivity contribution in [2.75, 3.05) is 17.4 Å². The monoisotopic (exact) mass is 293 g/mol. The highest BCUT2D eigenvalue weighted by Gasteiger charge is 2.39. The molecular weight excluding hydrogens is 278 g/mol. The lowest BCUT2D eigenvalue weighted by Crippen LogP contribution is -2.41. The quantitative estimate of drug-likeness (QED) is 0.925. The molecule has 110 valence electrons. The number of para-hydroxylation sites is 1. The molecule has 4 rings (SSSR count). The number of hydrogen-bond donors (Lipinski definition) is 1. The molecule has 2 aromatic rings. The van der Waals surface area contributed by atoms with E-state index in [4.69, 9.17) is 4.74 Å². The Morgan fingerprint density at radius 3 is 2.82 bits per heavy atom. The van der Waals surface area contributed by atoms with Crippen LogP contribution in [0.1, 0.15) is 5.56 Å². The zero-order valence-electron chi connectivity index (χ0n) is 12.1. The maximum Gasteiger partial charge on any atom is 0.275 e. The molecule has 2 aliphatic rings. The number of fused-ring (bicyclic) bond motifs is 2. The molecule has 1 N–H and O–H groups in total.